The van der Waals surface area contributed by atoms with Crippen molar-refractivity contribution in [2.24, 2.45) is 0 Å². The van der Waals surface area contributed by atoms with Crippen molar-refractivity contribution in [1.29, 1.82) is 0 Å². The van der Waals surface area contributed by atoms with E-state index in [9.17, 15) is 21.9 Å². The van der Waals surface area contributed by atoms with Gasteiger partial charge in [0, 0.05) is 38.3 Å². The lowest BCUT2D eigenvalue weighted by Crippen LogP contribution is -2.47. The van der Waals surface area contributed by atoms with E-state index in [0.29, 0.717) is 38.3 Å². The quantitative estimate of drug-likeness (QED) is 0.250. The van der Waals surface area contributed by atoms with Crippen LogP contribution in [0.2, 0.25) is 0 Å². The van der Waals surface area contributed by atoms with Crippen LogP contribution in [0.1, 0.15) is 24.8 Å². The number of sulfonamides is 2. The molecule has 2 atom stereocenters. The number of nitrogens with zero attached hydrogens (tertiary/aromatic N) is 2. The van der Waals surface area contributed by atoms with E-state index in [0.717, 1.165) is 24.1 Å². The summed E-state index contributed by atoms with van der Waals surface area (Å²) in [5, 5.41) is 13.8. The molecule has 2 heterocycles. The molecule has 2 fully saturated rings. The second-order valence-electron chi connectivity index (χ2n) is 12.3. The highest BCUT2D eigenvalue weighted by atomic mass is 32.2. The van der Waals surface area contributed by atoms with Crippen molar-refractivity contribution in [1.82, 2.24) is 19.2 Å². The van der Waals surface area contributed by atoms with Crippen LogP contribution in [-0.2, 0) is 31.3 Å². The molecule has 3 aromatic carbocycles. The van der Waals surface area contributed by atoms with Crippen LogP contribution in [0.5, 0.6) is 5.75 Å². The van der Waals surface area contributed by atoms with E-state index in [1.54, 1.807) is 28.6 Å². The van der Waals surface area contributed by atoms with Gasteiger partial charge in [0.25, 0.3) is 0 Å². The highest BCUT2D eigenvalue weighted by molar-refractivity contribution is 7.89. The molecule has 0 amide bonds. The van der Waals surface area contributed by atoms with Gasteiger partial charge in [0.2, 0.25) is 20.0 Å². The topological polar surface area (TPSA) is 138 Å². The Morgan fingerprint density at radius 2 is 1.63 bits per heavy atom. The van der Waals surface area contributed by atoms with Gasteiger partial charge in [-0.1, -0.05) is 42.5 Å². The molecule has 0 bridgehead atoms. The molecule has 0 radical (unpaired) electrons. The Bertz CT molecular complexity index is 1670. The minimum absolute atomic E-state index is 0.00831. The number of nitrogens with one attached hydrogen (secondary N) is 2. The van der Waals surface area contributed by atoms with Gasteiger partial charge in [0.05, 0.1) is 22.0 Å². The third-order valence-electron chi connectivity index (χ3n) is 8.59. The Balaban J connectivity index is 1.08. The van der Waals surface area contributed by atoms with E-state index in [-0.39, 0.29) is 29.0 Å². The average Bonchev–Trinajstić information content (AvgIpc) is 3.45. The van der Waals surface area contributed by atoms with Crippen LogP contribution in [0.4, 0.5) is 0 Å². The Kier molecular flexibility index (Phi) is 10.8. The summed E-state index contributed by atoms with van der Waals surface area (Å²) in [6.07, 6.45) is 1.10. The van der Waals surface area contributed by atoms with E-state index in [4.69, 9.17) is 9.47 Å². The fourth-order valence-corrected chi connectivity index (χ4v) is 8.20. The molecule has 1 spiro atoms. The second kappa shape index (κ2) is 14.5. The minimum Gasteiger partial charge on any atom is -0.491 e. The van der Waals surface area contributed by atoms with Crippen LogP contribution in [0.3, 0.4) is 0 Å². The third-order valence-corrected chi connectivity index (χ3v) is 11.9. The first-order valence-corrected chi connectivity index (χ1v) is 18.4. The van der Waals surface area contributed by atoms with Crippen LogP contribution < -0.4 is 14.8 Å². The van der Waals surface area contributed by atoms with Gasteiger partial charge < -0.3 is 24.8 Å². The number of aliphatic hydroxyl groups is 1. The number of aliphatic hydroxyl groups excluding tert-OH is 1. The molecule has 250 valence electrons. The summed E-state index contributed by atoms with van der Waals surface area (Å²) in [4.78, 5) is 2.49. The van der Waals surface area contributed by atoms with Crippen molar-refractivity contribution >= 4 is 20.0 Å². The van der Waals surface area contributed by atoms with Crippen molar-refractivity contribution < 1.29 is 31.4 Å². The van der Waals surface area contributed by atoms with Gasteiger partial charge in [-0.05, 0) is 81.4 Å². The predicted octanol–water partition coefficient (Wildman–Crippen LogP) is 2.67. The van der Waals surface area contributed by atoms with Crippen LogP contribution in [0.25, 0.3) is 11.1 Å². The molecule has 0 aliphatic carbocycles. The van der Waals surface area contributed by atoms with Crippen molar-refractivity contribution in [3.63, 3.8) is 0 Å². The van der Waals surface area contributed by atoms with Crippen molar-refractivity contribution in [3.05, 3.63) is 78.4 Å². The van der Waals surface area contributed by atoms with Gasteiger partial charge in [0.15, 0.2) is 0 Å². The van der Waals surface area contributed by atoms with Crippen LogP contribution in [-0.4, -0.2) is 103 Å². The zero-order valence-electron chi connectivity index (χ0n) is 26.6. The van der Waals surface area contributed by atoms with Gasteiger partial charge in [0.1, 0.15) is 18.5 Å². The summed E-state index contributed by atoms with van der Waals surface area (Å²) in [6, 6.07) is 21.5. The molecule has 1 unspecified atom stereocenters. The van der Waals surface area contributed by atoms with Gasteiger partial charge in [-0.25, -0.2) is 21.6 Å². The average molecular weight is 673 g/mol. The fourth-order valence-electron chi connectivity index (χ4n) is 6.00. The molecule has 2 saturated heterocycles. The molecule has 0 saturated carbocycles. The monoisotopic (exact) mass is 672 g/mol. The van der Waals surface area contributed by atoms with Crippen LogP contribution in [0.15, 0.2) is 82.6 Å². The summed E-state index contributed by atoms with van der Waals surface area (Å²) in [5.41, 5.74) is 2.83. The Morgan fingerprint density at radius 3 is 2.26 bits per heavy atom. The number of hydrogen-bond donors (Lipinski definition) is 3. The Hall–Kier alpha value is -2.88. The van der Waals surface area contributed by atoms with E-state index >= 15 is 0 Å². The number of ether oxygens (including phenoxy) is 2. The number of piperidine rings is 1. The highest BCUT2D eigenvalue weighted by Crippen LogP contribution is 2.37. The van der Waals surface area contributed by atoms with E-state index in [2.05, 4.69) is 39.2 Å². The second-order valence-corrected chi connectivity index (χ2v) is 16.1. The molecule has 46 heavy (non-hydrogen) atoms. The molecule has 0 aromatic heterocycles. The van der Waals surface area contributed by atoms with E-state index < -0.39 is 31.8 Å². The lowest BCUT2D eigenvalue weighted by atomic mass is 9.88. The van der Waals surface area contributed by atoms with Crippen molar-refractivity contribution in [2.45, 2.75) is 53.3 Å². The van der Waals surface area contributed by atoms with Gasteiger partial charge in [-0.3, -0.25) is 0 Å². The summed E-state index contributed by atoms with van der Waals surface area (Å²) in [6.45, 7) is 2.36. The molecule has 2 aliphatic rings. The molecule has 2 aliphatic heterocycles. The first-order valence-electron chi connectivity index (χ1n) is 15.5. The maximum Gasteiger partial charge on any atom is 0.243 e. The lowest BCUT2D eigenvalue weighted by Gasteiger charge is -2.38. The standard InChI is InChI=1S/C33H44N4O7S2/c1-34-45(39,40)32-6-4-5-30(19-32)43-24-29(38)21-35-28-20-33(44-23-28)15-17-37(18-16-33)46(41,42)31-13-11-27(12-14-31)26-9-7-25(8-10-26)22-36(2)3/h4-14,19,28-29,34-35,38H,15-18,20-24H2,1-3H3/t28?,29-/m0/s1. The summed E-state index contributed by atoms with van der Waals surface area (Å²) in [5.74, 6) is 0.349. The first-order chi connectivity index (χ1) is 21.9. The van der Waals surface area contributed by atoms with Gasteiger partial charge in [-0.15, -0.1) is 0 Å². The molecule has 11 nitrogen and oxygen atoms in total. The SMILES string of the molecule is CNS(=O)(=O)c1cccc(OC[C@@H](O)CNC2COC3(CCN(S(=O)(=O)c4ccc(-c5ccc(CN(C)C)cc5)cc4)CC3)C2)c1. The van der Waals surface area contributed by atoms with Gasteiger partial charge >= 0.3 is 0 Å². The molecule has 3 aromatic rings. The van der Waals surface area contributed by atoms with E-state index in [1.807, 2.05) is 26.2 Å². The van der Waals surface area contributed by atoms with E-state index in [1.165, 1.54) is 24.7 Å². The maximum absolute atomic E-state index is 13.5. The zero-order chi connectivity index (χ0) is 33.0. The normalized spacial score (nSPS) is 19.5. The zero-order valence-corrected chi connectivity index (χ0v) is 28.2. The summed E-state index contributed by atoms with van der Waals surface area (Å²) < 4.78 is 66.6. The smallest absolute Gasteiger partial charge is 0.243 e. The number of benzene rings is 3. The first kappa shape index (κ1) is 34.5. The molecule has 3 N–H and O–H groups in total. The number of rotatable bonds is 13. The van der Waals surface area contributed by atoms with Crippen LogP contribution >= 0.6 is 0 Å². The van der Waals surface area contributed by atoms with Crippen molar-refractivity contribution in [2.75, 3.05) is 54.0 Å². The highest BCUT2D eigenvalue weighted by Gasteiger charge is 2.44. The molecule has 13 heteroatoms. The Morgan fingerprint density at radius 1 is 0.978 bits per heavy atom. The van der Waals surface area contributed by atoms with Gasteiger partial charge in [-0.2, -0.15) is 4.31 Å². The Labute approximate surface area is 272 Å². The van der Waals surface area contributed by atoms with Crippen LogP contribution in [0, 0.1) is 0 Å². The largest absolute Gasteiger partial charge is 0.491 e. The van der Waals surface area contributed by atoms with Crippen molar-refractivity contribution in [3.8, 4) is 16.9 Å². The summed E-state index contributed by atoms with van der Waals surface area (Å²) in [7, 11) is -1.82. The predicted molar refractivity (Wildman–Crippen MR) is 177 cm³/mol. The molecular formula is C33H44N4O7S2. The maximum atomic E-state index is 13.5. The number of hydrogen-bond acceptors (Lipinski definition) is 9. The third kappa shape index (κ3) is 8.33. The molecular weight excluding hydrogens is 629 g/mol. The summed E-state index contributed by atoms with van der Waals surface area (Å²) >= 11 is 0. The minimum atomic E-state index is -3.63. The lowest BCUT2D eigenvalue weighted by molar-refractivity contribution is -0.0312. The molecule has 5 rings (SSSR count). The fraction of sp³-hybridized carbons (Fsp3) is 0.455.